The van der Waals surface area contributed by atoms with Crippen molar-refractivity contribution in [2.45, 2.75) is 31.5 Å². The first-order chi connectivity index (χ1) is 13.0. The highest BCUT2D eigenvalue weighted by molar-refractivity contribution is 5.94. The van der Waals surface area contributed by atoms with Crippen molar-refractivity contribution < 1.29 is 19.7 Å². The first-order valence-electron chi connectivity index (χ1n) is 9.18. The molecular weight excluding hydrogens is 344 g/mol. The number of benzene rings is 2. The third kappa shape index (κ3) is 5.21. The fourth-order valence-corrected chi connectivity index (χ4v) is 3.40. The molecule has 1 aliphatic heterocycles. The van der Waals surface area contributed by atoms with E-state index in [1.807, 2.05) is 24.3 Å². The van der Waals surface area contributed by atoms with E-state index in [4.69, 9.17) is 4.74 Å². The second kappa shape index (κ2) is 8.88. The van der Waals surface area contributed by atoms with E-state index in [1.165, 1.54) is 12.1 Å². The predicted molar refractivity (Wildman–Crippen MR) is 103 cm³/mol. The summed E-state index contributed by atoms with van der Waals surface area (Å²) >= 11 is 0. The number of phenolic OH excluding ortho intramolecular Hbond substituents is 1. The van der Waals surface area contributed by atoms with Crippen molar-refractivity contribution in [3.63, 3.8) is 0 Å². The average molecular weight is 370 g/mol. The second-order valence-corrected chi connectivity index (χ2v) is 6.92. The number of aromatic hydroxyl groups is 1. The number of phenols is 1. The SMILES string of the molecule is COc1cccc(CN2CCCC(O)C(NC(=O)c3ccc(O)cc3)C2)c1. The lowest BCUT2D eigenvalue weighted by Gasteiger charge is -2.27. The number of aliphatic hydroxyl groups is 1. The van der Waals surface area contributed by atoms with E-state index in [2.05, 4.69) is 10.2 Å². The molecule has 0 saturated carbocycles. The molecule has 144 valence electrons. The van der Waals surface area contributed by atoms with Crippen molar-refractivity contribution in [1.29, 1.82) is 0 Å². The van der Waals surface area contributed by atoms with Crippen LogP contribution < -0.4 is 10.1 Å². The molecule has 3 rings (SSSR count). The van der Waals surface area contributed by atoms with Crippen LogP contribution in [0.15, 0.2) is 48.5 Å². The van der Waals surface area contributed by atoms with Gasteiger partial charge in [-0.05, 0) is 61.3 Å². The maximum Gasteiger partial charge on any atom is 0.251 e. The normalized spacial score (nSPS) is 20.7. The van der Waals surface area contributed by atoms with E-state index >= 15 is 0 Å². The Kier molecular flexibility index (Phi) is 6.32. The van der Waals surface area contributed by atoms with Crippen molar-refractivity contribution in [3.05, 3.63) is 59.7 Å². The Morgan fingerprint density at radius 1 is 1.26 bits per heavy atom. The molecule has 2 atom stereocenters. The summed E-state index contributed by atoms with van der Waals surface area (Å²) in [6.07, 6.45) is 0.938. The van der Waals surface area contributed by atoms with Crippen LogP contribution in [0.25, 0.3) is 0 Å². The minimum Gasteiger partial charge on any atom is -0.508 e. The number of amides is 1. The van der Waals surface area contributed by atoms with E-state index in [9.17, 15) is 15.0 Å². The van der Waals surface area contributed by atoms with Crippen molar-refractivity contribution in [2.24, 2.45) is 0 Å². The fourth-order valence-electron chi connectivity index (χ4n) is 3.40. The second-order valence-electron chi connectivity index (χ2n) is 6.92. The fraction of sp³-hybridized carbons (Fsp3) is 0.381. The number of hydrogen-bond acceptors (Lipinski definition) is 5. The van der Waals surface area contributed by atoms with Crippen molar-refractivity contribution in [2.75, 3.05) is 20.2 Å². The number of likely N-dealkylation sites (tertiary alicyclic amines) is 1. The number of carbonyl (C=O) groups is 1. The Labute approximate surface area is 159 Å². The number of ether oxygens (including phenoxy) is 1. The van der Waals surface area contributed by atoms with Gasteiger partial charge in [0, 0.05) is 18.7 Å². The number of carbonyl (C=O) groups excluding carboxylic acids is 1. The summed E-state index contributed by atoms with van der Waals surface area (Å²) < 4.78 is 5.28. The molecule has 0 bridgehead atoms. The van der Waals surface area contributed by atoms with Crippen molar-refractivity contribution in [1.82, 2.24) is 10.2 Å². The van der Waals surface area contributed by atoms with E-state index in [-0.39, 0.29) is 17.7 Å². The molecule has 27 heavy (non-hydrogen) atoms. The first kappa shape index (κ1) is 19.2. The molecule has 0 aliphatic carbocycles. The van der Waals surface area contributed by atoms with Crippen molar-refractivity contribution in [3.8, 4) is 11.5 Å². The number of methoxy groups -OCH3 is 1. The average Bonchev–Trinajstić information content (AvgIpc) is 2.83. The Bertz CT molecular complexity index is 763. The van der Waals surface area contributed by atoms with E-state index in [0.717, 1.165) is 30.8 Å². The quantitative estimate of drug-likeness (QED) is 0.751. The van der Waals surface area contributed by atoms with Gasteiger partial charge in [0.25, 0.3) is 5.91 Å². The van der Waals surface area contributed by atoms with Gasteiger partial charge in [0.1, 0.15) is 11.5 Å². The lowest BCUT2D eigenvalue weighted by atomic mass is 10.1. The van der Waals surface area contributed by atoms with Crippen LogP contribution in [0, 0.1) is 0 Å². The molecular formula is C21H26N2O4. The van der Waals surface area contributed by atoms with E-state index in [0.29, 0.717) is 18.5 Å². The number of nitrogens with one attached hydrogen (secondary N) is 1. The third-order valence-corrected chi connectivity index (χ3v) is 4.88. The van der Waals surface area contributed by atoms with E-state index in [1.54, 1.807) is 19.2 Å². The Morgan fingerprint density at radius 3 is 2.78 bits per heavy atom. The molecule has 6 heteroatoms. The summed E-state index contributed by atoms with van der Waals surface area (Å²) in [4.78, 5) is 14.7. The maximum atomic E-state index is 12.5. The van der Waals surface area contributed by atoms with Gasteiger partial charge in [0.2, 0.25) is 0 Å². The molecule has 3 N–H and O–H groups in total. The molecule has 0 radical (unpaired) electrons. The Hall–Kier alpha value is -2.57. The zero-order valence-electron chi connectivity index (χ0n) is 15.5. The highest BCUT2D eigenvalue weighted by atomic mass is 16.5. The summed E-state index contributed by atoms with van der Waals surface area (Å²) in [5.41, 5.74) is 1.60. The maximum absolute atomic E-state index is 12.5. The predicted octanol–water partition coefficient (Wildman–Crippen LogP) is 2.16. The number of hydrogen-bond donors (Lipinski definition) is 3. The molecule has 2 aromatic carbocycles. The van der Waals surface area contributed by atoms with Gasteiger partial charge in [-0.3, -0.25) is 9.69 Å². The number of rotatable bonds is 5. The molecule has 1 saturated heterocycles. The molecule has 0 aromatic heterocycles. The number of nitrogens with zero attached hydrogens (tertiary/aromatic N) is 1. The van der Waals surface area contributed by atoms with Crippen LogP contribution in [0.3, 0.4) is 0 Å². The topological polar surface area (TPSA) is 82.0 Å². The lowest BCUT2D eigenvalue weighted by molar-refractivity contribution is 0.0798. The molecule has 6 nitrogen and oxygen atoms in total. The van der Waals surface area contributed by atoms with Crippen LogP contribution in [0.2, 0.25) is 0 Å². The lowest BCUT2D eigenvalue weighted by Crippen LogP contribution is -2.48. The van der Waals surface area contributed by atoms with Crippen LogP contribution in [0.1, 0.15) is 28.8 Å². The van der Waals surface area contributed by atoms with Gasteiger partial charge in [-0.1, -0.05) is 12.1 Å². The van der Waals surface area contributed by atoms with Gasteiger partial charge in [0.05, 0.1) is 19.3 Å². The molecule has 0 spiro atoms. The van der Waals surface area contributed by atoms with Gasteiger partial charge in [-0.15, -0.1) is 0 Å². The van der Waals surface area contributed by atoms with Crippen LogP contribution in [0.5, 0.6) is 11.5 Å². The Morgan fingerprint density at radius 2 is 2.04 bits per heavy atom. The molecule has 2 aromatic rings. The largest absolute Gasteiger partial charge is 0.508 e. The molecule has 1 aliphatic rings. The monoisotopic (exact) mass is 370 g/mol. The molecule has 1 fully saturated rings. The highest BCUT2D eigenvalue weighted by Gasteiger charge is 2.27. The van der Waals surface area contributed by atoms with Gasteiger partial charge in [0.15, 0.2) is 0 Å². The van der Waals surface area contributed by atoms with Gasteiger partial charge in [-0.25, -0.2) is 0 Å². The zero-order valence-corrected chi connectivity index (χ0v) is 15.5. The standard InChI is InChI=1S/C21H26N2O4/c1-27-18-5-2-4-15(12-18)13-23-11-3-6-20(25)19(14-23)22-21(26)16-7-9-17(24)10-8-16/h2,4-5,7-10,12,19-20,24-25H,3,6,11,13-14H2,1H3,(H,22,26). The van der Waals surface area contributed by atoms with E-state index < -0.39 is 6.10 Å². The highest BCUT2D eigenvalue weighted by Crippen LogP contribution is 2.18. The van der Waals surface area contributed by atoms with Crippen LogP contribution in [0.4, 0.5) is 0 Å². The van der Waals surface area contributed by atoms with Crippen LogP contribution in [-0.2, 0) is 6.54 Å². The minimum atomic E-state index is -0.582. The van der Waals surface area contributed by atoms with Crippen LogP contribution in [-0.4, -0.2) is 53.4 Å². The summed E-state index contributed by atoms with van der Waals surface area (Å²) in [5.74, 6) is 0.687. The smallest absolute Gasteiger partial charge is 0.251 e. The minimum absolute atomic E-state index is 0.116. The van der Waals surface area contributed by atoms with Gasteiger partial charge >= 0.3 is 0 Å². The van der Waals surface area contributed by atoms with Gasteiger partial charge < -0.3 is 20.3 Å². The third-order valence-electron chi connectivity index (χ3n) is 4.88. The summed E-state index contributed by atoms with van der Waals surface area (Å²) in [7, 11) is 1.65. The molecule has 1 heterocycles. The van der Waals surface area contributed by atoms with Crippen LogP contribution >= 0.6 is 0 Å². The van der Waals surface area contributed by atoms with Gasteiger partial charge in [-0.2, -0.15) is 0 Å². The molecule has 1 amide bonds. The summed E-state index contributed by atoms with van der Waals surface area (Å²) in [5, 5.41) is 22.8. The Balaban J connectivity index is 1.66. The summed E-state index contributed by atoms with van der Waals surface area (Å²) in [6.45, 7) is 2.16. The van der Waals surface area contributed by atoms with Crippen molar-refractivity contribution >= 4 is 5.91 Å². The number of aliphatic hydroxyl groups excluding tert-OH is 1. The summed E-state index contributed by atoms with van der Waals surface area (Å²) in [6, 6.07) is 13.7. The molecule has 2 unspecified atom stereocenters. The zero-order chi connectivity index (χ0) is 19.2. The first-order valence-corrected chi connectivity index (χ1v) is 9.18.